The van der Waals surface area contributed by atoms with Crippen LogP contribution in [0, 0.1) is 5.82 Å². The summed E-state index contributed by atoms with van der Waals surface area (Å²) in [6.45, 7) is 4.77. The fraction of sp³-hybridized carbons (Fsp3) is 0.423. The lowest BCUT2D eigenvalue weighted by Gasteiger charge is -2.32. The quantitative estimate of drug-likeness (QED) is 0.260. The lowest BCUT2D eigenvalue weighted by Crippen LogP contribution is -2.58. The Balaban J connectivity index is 2.16. The highest BCUT2D eigenvalue weighted by molar-refractivity contribution is 8.01. The number of hydrogen-bond donors (Lipinski definition) is 1. The molecule has 12 nitrogen and oxygen atoms in total. The minimum absolute atomic E-state index is 0.0857. The Kier molecular flexibility index (Phi) is 9.77. The van der Waals surface area contributed by atoms with Gasteiger partial charge < -0.3 is 14.4 Å². The molecular formula is C26H30FN3O9S2. The molecule has 222 valence electrons. The molecule has 1 aliphatic heterocycles. The second-order valence-electron chi connectivity index (χ2n) is 10.2. The first kappa shape index (κ1) is 32.0. The Morgan fingerprint density at radius 1 is 1.10 bits per heavy atom. The molecule has 2 aliphatic rings. The number of sulfonamides is 1. The maximum absolute atomic E-state index is 13.9. The molecule has 15 heteroatoms. The van der Waals surface area contributed by atoms with Crippen LogP contribution < -0.4 is 5.32 Å². The van der Waals surface area contributed by atoms with Gasteiger partial charge in [-0.15, -0.1) is 11.8 Å². The number of allylic oxidation sites excluding steroid dienone is 3. The van der Waals surface area contributed by atoms with E-state index in [9.17, 15) is 36.8 Å². The van der Waals surface area contributed by atoms with Gasteiger partial charge in [0.05, 0.1) is 16.9 Å². The molecule has 41 heavy (non-hydrogen) atoms. The van der Waals surface area contributed by atoms with Crippen molar-refractivity contribution in [3.8, 4) is 0 Å². The van der Waals surface area contributed by atoms with E-state index in [2.05, 4.69) is 5.32 Å². The van der Waals surface area contributed by atoms with Crippen LogP contribution in [0.2, 0.25) is 0 Å². The van der Waals surface area contributed by atoms with Crippen molar-refractivity contribution >= 4 is 51.3 Å². The normalized spacial score (nSPS) is 18.1. The molecule has 1 N–H and O–H groups in total. The van der Waals surface area contributed by atoms with E-state index in [1.165, 1.54) is 34.9 Å². The number of halogens is 1. The number of carbonyl (C=O) groups excluding carboxylic acids is 5. The molecule has 1 aliphatic carbocycles. The van der Waals surface area contributed by atoms with Gasteiger partial charge in [0.15, 0.2) is 5.78 Å². The molecule has 0 unspecified atom stereocenters. The number of benzene rings is 1. The van der Waals surface area contributed by atoms with Gasteiger partial charge in [-0.25, -0.2) is 26.7 Å². The van der Waals surface area contributed by atoms with Crippen molar-refractivity contribution in [2.75, 3.05) is 26.4 Å². The molecule has 1 aromatic rings. The zero-order valence-electron chi connectivity index (χ0n) is 23.0. The molecule has 1 aromatic carbocycles. The maximum atomic E-state index is 13.9. The zero-order chi connectivity index (χ0) is 30.7. The van der Waals surface area contributed by atoms with Crippen molar-refractivity contribution in [2.45, 2.75) is 49.1 Å². The first-order valence-corrected chi connectivity index (χ1v) is 14.8. The van der Waals surface area contributed by atoms with Gasteiger partial charge >= 0.3 is 12.1 Å². The number of ether oxygens (including phenoxy) is 2. The number of hydrogen-bond acceptors (Lipinski definition) is 11. The summed E-state index contributed by atoms with van der Waals surface area (Å²) in [5, 5.41) is 1.67. The summed E-state index contributed by atoms with van der Waals surface area (Å²) >= 11 is 1.06. The minimum atomic E-state index is -4.98. The third-order valence-electron chi connectivity index (χ3n) is 5.56. The molecular weight excluding hydrogens is 581 g/mol. The number of amides is 2. The molecule has 2 amide bonds. The van der Waals surface area contributed by atoms with E-state index in [1.807, 2.05) is 0 Å². The van der Waals surface area contributed by atoms with Crippen LogP contribution in [0.15, 0.2) is 52.6 Å². The van der Waals surface area contributed by atoms with Gasteiger partial charge in [-0.2, -0.15) is 0 Å². The van der Waals surface area contributed by atoms with Gasteiger partial charge in [0.1, 0.15) is 22.6 Å². The third kappa shape index (κ3) is 7.59. The van der Waals surface area contributed by atoms with E-state index < -0.39 is 79.3 Å². The molecule has 0 radical (unpaired) electrons. The summed E-state index contributed by atoms with van der Waals surface area (Å²) < 4.78 is 51.9. The van der Waals surface area contributed by atoms with Gasteiger partial charge in [0.25, 0.3) is 15.9 Å². The number of esters is 1. The van der Waals surface area contributed by atoms with E-state index in [1.54, 1.807) is 0 Å². The fourth-order valence-electron chi connectivity index (χ4n) is 3.69. The van der Waals surface area contributed by atoms with Crippen molar-refractivity contribution in [3.63, 3.8) is 0 Å². The van der Waals surface area contributed by atoms with Gasteiger partial charge in [-0.1, -0.05) is 0 Å². The summed E-state index contributed by atoms with van der Waals surface area (Å²) in [6.07, 6.45) is 0.829. The molecule has 0 bridgehead atoms. The Labute approximate surface area is 240 Å². The van der Waals surface area contributed by atoms with Crippen LogP contribution in [0.25, 0.3) is 0 Å². The molecule has 0 spiro atoms. The molecule has 3 rings (SSSR count). The van der Waals surface area contributed by atoms with Crippen LogP contribution in [-0.2, 0) is 38.7 Å². The number of nitrogens with zero attached hydrogens (tertiary/aromatic N) is 2. The second-order valence-corrected chi connectivity index (χ2v) is 13.2. The monoisotopic (exact) mass is 611 g/mol. The smallest absolute Gasteiger partial charge is 0.414 e. The minimum Gasteiger partial charge on any atom is -0.458 e. The van der Waals surface area contributed by atoms with Gasteiger partial charge in [-0.3, -0.25) is 19.7 Å². The molecule has 0 saturated carbocycles. The Hall–Kier alpha value is -3.56. The second kappa shape index (κ2) is 12.5. The molecule has 1 heterocycles. The van der Waals surface area contributed by atoms with Crippen LogP contribution >= 0.6 is 11.8 Å². The van der Waals surface area contributed by atoms with Crippen molar-refractivity contribution in [1.82, 2.24) is 14.5 Å². The highest BCUT2D eigenvalue weighted by atomic mass is 32.2. The number of ketones is 2. The topological polar surface area (TPSA) is 156 Å². The summed E-state index contributed by atoms with van der Waals surface area (Å²) in [6, 6.07) is 1.02. The summed E-state index contributed by atoms with van der Waals surface area (Å²) in [5.41, 5.74) is -1.83. The van der Waals surface area contributed by atoms with Crippen molar-refractivity contribution in [1.29, 1.82) is 0 Å². The Morgan fingerprint density at radius 2 is 1.73 bits per heavy atom. The molecule has 1 saturated heterocycles. The van der Waals surface area contributed by atoms with E-state index in [-0.39, 0.29) is 10.1 Å². The molecule has 0 aromatic heterocycles. The van der Waals surface area contributed by atoms with Crippen LogP contribution in [0.4, 0.5) is 9.18 Å². The highest BCUT2D eigenvalue weighted by Crippen LogP contribution is 2.29. The van der Waals surface area contributed by atoms with Gasteiger partial charge in [-0.05, 0) is 57.2 Å². The van der Waals surface area contributed by atoms with Crippen molar-refractivity contribution < 1.29 is 46.3 Å². The lowest BCUT2D eigenvalue weighted by molar-refractivity contribution is -0.163. The SMILES string of the molecule is CN(C)C(=O)OC1=CC=C(C(=O)[C@@H](C(=O)OC(C)(C)C)N(C(=O)[C@H]2NCCS2)S(=O)(=O)c2ccc(F)cc2)C(=O)C1. The van der Waals surface area contributed by atoms with E-state index in [4.69, 9.17) is 9.47 Å². The van der Waals surface area contributed by atoms with Crippen LogP contribution in [-0.4, -0.2) is 90.6 Å². The first-order valence-electron chi connectivity index (χ1n) is 12.3. The van der Waals surface area contributed by atoms with Gasteiger partial charge in [0, 0.05) is 26.4 Å². The fourth-order valence-corrected chi connectivity index (χ4v) is 6.23. The van der Waals surface area contributed by atoms with Crippen LogP contribution in [0.1, 0.15) is 27.2 Å². The Bertz CT molecular complexity index is 1410. The van der Waals surface area contributed by atoms with Crippen LogP contribution in [0.5, 0.6) is 0 Å². The largest absolute Gasteiger partial charge is 0.458 e. The summed E-state index contributed by atoms with van der Waals surface area (Å²) in [4.78, 5) is 66.5. The predicted octanol–water partition coefficient (Wildman–Crippen LogP) is 1.77. The highest BCUT2D eigenvalue weighted by Gasteiger charge is 2.50. The third-order valence-corrected chi connectivity index (χ3v) is 8.48. The predicted molar refractivity (Wildman–Crippen MR) is 145 cm³/mol. The number of thioether (sulfide) groups is 1. The van der Waals surface area contributed by atoms with E-state index in [0.29, 0.717) is 12.3 Å². The molecule has 1 fully saturated rings. The summed E-state index contributed by atoms with van der Waals surface area (Å²) in [5.74, 6) is -5.15. The van der Waals surface area contributed by atoms with Gasteiger partial charge in [0.2, 0.25) is 11.8 Å². The number of Topliss-reactive ketones (excluding diaryl/α,β-unsaturated/α-hetero) is 2. The lowest BCUT2D eigenvalue weighted by atomic mass is 9.94. The molecule has 2 atom stereocenters. The van der Waals surface area contributed by atoms with E-state index >= 15 is 0 Å². The number of nitrogens with one attached hydrogen (secondary N) is 1. The van der Waals surface area contributed by atoms with E-state index in [0.717, 1.165) is 53.1 Å². The zero-order valence-corrected chi connectivity index (χ0v) is 24.6. The number of rotatable bonds is 8. The van der Waals surface area contributed by atoms with Crippen molar-refractivity contribution in [2.24, 2.45) is 0 Å². The summed E-state index contributed by atoms with van der Waals surface area (Å²) in [7, 11) is -2.13. The van der Waals surface area contributed by atoms with Crippen molar-refractivity contribution in [3.05, 3.63) is 53.6 Å². The Morgan fingerprint density at radius 3 is 2.24 bits per heavy atom. The standard InChI is InChI=1S/C26H30FN3O9S2/c1-26(2,3)39-24(34)20(21(32)18-11-8-16(14-19(18)31)38-25(35)29(4)5)30(23(33)22-28-12-13-40-22)41(36,37)17-9-6-15(27)7-10-17/h6-11,20,22,28H,12-14H2,1-5H3/t20-,22-/m0/s1. The number of carbonyl (C=O) groups is 5. The first-order chi connectivity index (χ1) is 19.0. The average Bonchev–Trinajstić information content (AvgIpc) is 3.40. The average molecular weight is 612 g/mol. The maximum Gasteiger partial charge on any atom is 0.414 e. The van der Waals surface area contributed by atoms with Crippen LogP contribution in [0.3, 0.4) is 0 Å².